The zero-order valence-corrected chi connectivity index (χ0v) is 12.6. The van der Waals surface area contributed by atoms with Gasteiger partial charge in [0.1, 0.15) is 5.71 Å². The zero-order valence-electron chi connectivity index (χ0n) is 11.9. The van der Waals surface area contributed by atoms with Gasteiger partial charge in [0.05, 0.1) is 21.3 Å². The first kappa shape index (κ1) is 15.7. The summed E-state index contributed by atoms with van der Waals surface area (Å²) in [7, 11) is 1.72. The summed E-state index contributed by atoms with van der Waals surface area (Å²) in [6.45, 7) is 1.57. The number of hydrogen-bond acceptors (Lipinski definition) is 6. The van der Waals surface area contributed by atoms with Crippen molar-refractivity contribution in [2.24, 2.45) is 10.7 Å². The molecule has 0 unspecified atom stereocenters. The van der Waals surface area contributed by atoms with Crippen LogP contribution in [-0.2, 0) is 4.79 Å². The number of halogens is 1. The highest BCUT2D eigenvalue weighted by molar-refractivity contribution is 6.33. The van der Waals surface area contributed by atoms with E-state index in [0.29, 0.717) is 22.0 Å². The van der Waals surface area contributed by atoms with Crippen LogP contribution in [0.25, 0.3) is 0 Å². The molecule has 0 bridgehead atoms. The van der Waals surface area contributed by atoms with E-state index >= 15 is 0 Å². The van der Waals surface area contributed by atoms with Crippen LogP contribution in [0.5, 0.6) is 0 Å². The van der Waals surface area contributed by atoms with Crippen molar-refractivity contribution < 1.29 is 9.72 Å². The number of allylic oxidation sites excluding steroid dienone is 2. The zero-order chi connectivity index (χ0) is 16.4. The molecular formula is C14H13ClN4O3. The Hall–Kier alpha value is -2.67. The summed E-state index contributed by atoms with van der Waals surface area (Å²) in [5.41, 5.74) is 6.18. The standard InChI is InChI=1S/C14H13ClN4O3/c1-7-5-11(20)12(16)14(19(21)22)13(7)18-8-3-4-10(17-2)9(15)6-8/h3-6,17H,16H2,1-2H3. The van der Waals surface area contributed by atoms with E-state index in [1.807, 2.05) is 0 Å². The van der Waals surface area contributed by atoms with Crippen molar-refractivity contribution in [3.63, 3.8) is 0 Å². The fourth-order valence-electron chi connectivity index (χ4n) is 2.01. The predicted octanol–water partition coefficient (Wildman–Crippen LogP) is 2.43. The summed E-state index contributed by atoms with van der Waals surface area (Å²) >= 11 is 6.06. The minimum atomic E-state index is -0.702. The van der Waals surface area contributed by atoms with Gasteiger partial charge in [0.25, 0.3) is 0 Å². The Labute approximate surface area is 131 Å². The summed E-state index contributed by atoms with van der Waals surface area (Å²) in [6, 6.07) is 4.92. The minimum Gasteiger partial charge on any atom is -0.390 e. The molecule has 114 valence electrons. The number of nitrogens with one attached hydrogen (secondary N) is 1. The summed E-state index contributed by atoms with van der Waals surface area (Å²) in [4.78, 5) is 26.3. The average Bonchev–Trinajstić information content (AvgIpc) is 2.44. The van der Waals surface area contributed by atoms with Crippen LogP contribution >= 0.6 is 11.6 Å². The largest absolute Gasteiger partial charge is 0.390 e. The number of hydrogen-bond donors (Lipinski definition) is 2. The molecule has 1 aliphatic rings. The molecule has 1 aliphatic carbocycles. The Morgan fingerprint density at radius 2 is 2.09 bits per heavy atom. The van der Waals surface area contributed by atoms with E-state index in [1.54, 1.807) is 32.2 Å². The lowest BCUT2D eigenvalue weighted by molar-refractivity contribution is -0.416. The van der Waals surface area contributed by atoms with Gasteiger partial charge in [-0.25, -0.2) is 4.99 Å². The van der Waals surface area contributed by atoms with Crippen LogP contribution in [0.15, 0.2) is 46.2 Å². The van der Waals surface area contributed by atoms with Gasteiger partial charge in [-0.1, -0.05) is 11.6 Å². The third-order valence-electron chi connectivity index (χ3n) is 3.11. The maximum atomic E-state index is 11.6. The molecule has 0 saturated heterocycles. The van der Waals surface area contributed by atoms with Crippen molar-refractivity contribution in [3.8, 4) is 0 Å². The van der Waals surface area contributed by atoms with Gasteiger partial charge in [-0.05, 0) is 36.8 Å². The lowest BCUT2D eigenvalue weighted by Crippen LogP contribution is -2.27. The van der Waals surface area contributed by atoms with Crippen LogP contribution < -0.4 is 11.1 Å². The van der Waals surface area contributed by atoms with Crippen molar-refractivity contribution in [3.05, 3.63) is 56.4 Å². The molecule has 0 fully saturated rings. The van der Waals surface area contributed by atoms with E-state index in [-0.39, 0.29) is 5.71 Å². The molecule has 2 rings (SSSR count). The van der Waals surface area contributed by atoms with Crippen molar-refractivity contribution in [2.75, 3.05) is 12.4 Å². The number of nitrogens with zero attached hydrogens (tertiary/aromatic N) is 2. The Balaban J connectivity index is 2.57. The molecule has 7 nitrogen and oxygen atoms in total. The number of rotatable bonds is 3. The lowest BCUT2D eigenvalue weighted by atomic mass is 9.98. The van der Waals surface area contributed by atoms with Crippen molar-refractivity contribution in [1.29, 1.82) is 0 Å². The van der Waals surface area contributed by atoms with E-state index in [9.17, 15) is 14.9 Å². The molecular weight excluding hydrogens is 308 g/mol. The minimum absolute atomic E-state index is 0.0513. The summed E-state index contributed by atoms with van der Waals surface area (Å²) in [6.07, 6.45) is 1.23. The second kappa shape index (κ2) is 5.98. The van der Waals surface area contributed by atoms with Gasteiger partial charge in [0.15, 0.2) is 5.70 Å². The molecule has 0 amide bonds. The van der Waals surface area contributed by atoms with Crippen LogP contribution in [0.4, 0.5) is 11.4 Å². The number of ketones is 1. The molecule has 3 N–H and O–H groups in total. The summed E-state index contributed by atoms with van der Waals surface area (Å²) in [5.74, 6) is -0.591. The number of anilines is 1. The monoisotopic (exact) mass is 320 g/mol. The van der Waals surface area contributed by atoms with Gasteiger partial charge in [0, 0.05) is 7.05 Å². The Kier molecular flexibility index (Phi) is 4.27. The van der Waals surface area contributed by atoms with E-state index in [0.717, 1.165) is 0 Å². The average molecular weight is 321 g/mol. The molecule has 0 aliphatic heterocycles. The van der Waals surface area contributed by atoms with Crippen molar-refractivity contribution in [1.82, 2.24) is 0 Å². The van der Waals surface area contributed by atoms with E-state index in [2.05, 4.69) is 10.3 Å². The van der Waals surface area contributed by atoms with E-state index < -0.39 is 22.1 Å². The maximum Gasteiger partial charge on any atom is 0.321 e. The van der Waals surface area contributed by atoms with Crippen LogP contribution in [0.3, 0.4) is 0 Å². The molecule has 0 saturated carbocycles. The first-order valence-corrected chi connectivity index (χ1v) is 6.66. The van der Waals surface area contributed by atoms with Crippen molar-refractivity contribution in [2.45, 2.75) is 6.92 Å². The Morgan fingerprint density at radius 1 is 1.41 bits per heavy atom. The smallest absolute Gasteiger partial charge is 0.321 e. The number of aliphatic imine (C=N–C) groups is 1. The predicted molar refractivity (Wildman–Crippen MR) is 85.1 cm³/mol. The highest BCUT2D eigenvalue weighted by Crippen LogP contribution is 2.28. The molecule has 1 aromatic carbocycles. The maximum absolute atomic E-state index is 11.6. The molecule has 0 atom stereocenters. The second-order valence-electron chi connectivity index (χ2n) is 4.59. The quantitative estimate of drug-likeness (QED) is 0.505. The topological polar surface area (TPSA) is 111 Å². The molecule has 1 aromatic rings. The van der Waals surface area contributed by atoms with Crippen LogP contribution in [0.1, 0.15) is 6.92 Å². The highest BCUT2D eigenvalue weighted by atomic mass is 35.5. The number of carbonyl (C=O) groups is 1. The summed E-state index contributed by atoms with van der Waals surface area (Å²) < 4.78 is 0. The molecule has 0 heterocycles. The van der Waals surface area contributed by atoms with E-state index in [1.165, 1.54) is 6.08 Å². The number of benzene rings is 1. The van der Waals surface area contributed by atoms with E-state index in [4.69, 9.17) is 17.3 Å². The van der Waals surface area contributed by atoms with Gasteiger partial charge in [0.2, 0.25) is 5.78 Å². The molecule has 0 spiro atoms. The van der Waals surface area contributed by atoms with Gasteiger partial charge in [-0.2, -0.15) is 0 Å². The van der Waals surface area contributed by atoms with Gasteiger partial charge >= 0.3 is 5.70 Å². The molecule has 0 radical (unpaired) electrons. The number of carbonyl (C=O) groups excluding carboxylic acids is 1. The first-order valence-electron chi connectivity index (χ1n) is 6.28. The van der Waals surface area contributed by atoms with Crippen LogP contribution in [0, 0.1) is 10.1 Å². The van der Waals surface area contributed by atoms with Gasteiger partial charge in [-0.15, -0.1) is 0 Å². The fraction of sp³-hybridized carbons (Fsp3) is 0.143. The normalized spacial score (nSPS) is 16.8. The second-order valence-corrected chi connectivity index (χ2v) is 4.99. The molecule has 22 heavy (non-hydrogen) atoms. The van der Waals surface area contributed by atoms with Crippen LogP contribution in [0.2, 0.25) is 5.02 Å². The van der Waals surface area contributed by atoms with Gasteiger partial charge < -0.3 is 11.1 Å². The third kappa shape index (κ3) is 2.84. The SMILES string of the molecule is CNc1ccc(N=C2C(C)=CC(=O)C(N)=C2[N+](=O)[O-])cc1Cl. The number of nitro groups is 1. The van der Waals surface area contributed by atoms with Crippen LogP contribution in [-0.4, -0.2) is 23.5 Å². The fourth-order valence-corrected chi connectivity index (χ4v) is 2.27. The summed E-state index contributed by atoms with van der Waals surface area (Å²) in [5, 5.41) is 14.5. The third-order valence-corrected chi connectivity index (χ3v) is 3.42. The first-order chi connectivity index (χ1) is 10.3. The van der Waals surface area contributed by atoms with Crippen molar-refractivity contribution >= 4 is 34.5 Å². The molecule has 8 heteroatoms. The number of nitrogens with two attached hydrogens (primary N) is 1. The Bertz CT molecular complexity index is 765. The Morgan fingerprint density at radius 3 is 2.64 bits per heavy atom. The van der Waals surface area contributed by atoms with Gasteiger partial charge in [-0.3, -0.25) is 14.9 Å². The highest BCUT2D eigenvalue weighted by Gasteiger charge is 2.32. The molecule has 0 aromatic heterocycles. The lowest BCUT2D eigenvalue weighted by Gasteiger charge is -2.12.